The molecule has 1 aliphatic rings. The SMILES string of the molecule is CN(C)CCC(=O)N1CCN(C(=O)OCc2ccccc2)CC1. The largest absolute Gasteiger partial charge is 0.445 e. The molecule has 126 valence electrons. The summed E-state index contributed by atoms with van der Waals surface area (Å²) in [6, 6.07) is 9.61. The van der Waals surface area contributed by atoms with Crippen molar-refractivity contribution >= 4 is 12.0 Å². The normalized spacial score (nSPS) is 14.9. The number of piperazine rings is 1. The van der Waals surface area contributed by atoms with Gasteiger partial charge in [0.25, 0.3) is 0 Å². The first-order valence-corrected chi connectivity index (χ1v) is 7.94. The molecule has 0 aromatic heterocycles. The van der Waals surface area contributed by atoms with Crippen LogP contribution in [0.4, 0.5) is 4.79 Å². The minimum Gasteiger partial charge on any atom is -0.445 e. The van der Waals surface area contributed by atoms with Crippen LogP contribution in [0.5, 0.6) is 0 Å². The monoisotopic (exact) mass is 319 g/mol. The van der Waals surface area contributed by atoms with Gasteiger partial charge in [0, 0.05) is 39.1 Å². The van der Waals surface area contributed by atoms with Gasteiger partial charge >= 0.3 is 6.09 Å². The van der Waals surface area contributed by atoms with Gasteiger partial charge in [0.2, 0.25) is 5.91 Å². The first kappa shape index (κ1) is 17.3. The highest BCUT2D eigenvalue weighted by Gasteiger charge is 2.24. The molecule has 0 unspecified atom stereocenters. The van der Waals surface area contributed by atoms with Gasteiger partial charge in [0.15, 0.2) is 0 Å². The van der Waals surface area contributed by atoms with E-state index in [0.29, 0.717) is 32.6 Å². The predicted molar refractivity (Wildman–Crippen MR) is 88.0 cm³/mol. The Balaban J connectivity index is 1.71. The van der Waals surface area contributed by atoms with Crippen molar-refractivity contribution in [3.05, 3.63) is 35.9 Å². The van der Waals surface area contributed by atoms with Crippen molar-refractivity contribution in [3.63, 3.8) is 0 Å². The lowest BCUT2D eigenvalue weighted by molar-refractivity contribution is -0.133. The lowest BCUT2D eigenvalue weighted by Crippen LogP contribution is -2.51. The van der Waals surface area contributed by atoms with Crippen LogP contribution in [0.15, 0.2) is 30.3 Å². The highest BCUT2D eigenvalue weighted by atomic mass is 16.6. The summed E-state index contributed by atoms with van der Waals surface area (Å²) in [5, 5.41) is 0. The van der Waals surface area contributed by atoms with Crippen molar-refractivity contribution in [1.29, 1.82) is 0 Å². The summed E-state index contributed by atoms with van der Waals surface area (Å²) in [5.41, 5.74) is 0.971. The molecule has 2 amide bonds. The molecule has 1 aromatic rings. The molecule has 0 spiro atoms. The third-order valence-corrected chi connectivity index (χ3v) is 3.87. The summed E-state index contributed by atoms with van der Waals surface area (Å²) in [4.78, 5) is 29.6. The second kappa shape index (κ2) is 8.53. The molecule has 6 nitrogen and oxygen atoms in total. The molecule has 1 saturated heterocycles. The molecule has 0 atom stereocenters. The standard InChI is InChI=1S/C17H25N3O3/c1-18(2)9-8-16(21)19-10-12-20(13-11-19)17(22)23-14-15-6-4-3-5-7-15/h3-7H,8-14H2,1-2H3. The maximum absolute atomic E-state index is 12.1. The van der Waals surface area contributed by atoms with Crippen LogP contribution in [0.3, 0.4) is 0 Å². The van der Waals surface area contributed by atoms with Gasteiger partial charge in [-0.3, -0.25) is 4.79 Å². The zero-order chi connectivity index (χ0) is 16.7. The zero-order valence-electron chi connectivity index (χ0n) is 13.9. The predicted octanol–water partition coefficient (Wildman–Crippen LogP) is 1.42. The van der Waals surface area contributed by atoms with Gasteiger partial charge in [0.1, 0.15) is 6.61 Å². The Labute approximate surface area is 137 Å². The topological polar surface area (TPSA) is 53.1 Å². The van der Waals surface area contributed by atoms with E-state index in [1.807, 2.05) is 54.2 Å². The average molecular weight is 319 g/mol. The van der Waals surface area contributed by atoms with Crippen LogP contribution in [0, 0.1) is 0 Å². The Morgan fingerprint density at radius 2 is 1.65 bits per heavy atom. The van der Waals surface area contributed by atoms with Gasteiger partial charge in [-0.2, -0.15) is 0 Å². The molecule has 6 heteroatoms. The number of amides is 2. The van der Waals surface area contributed by atoms with Gasteiger partial charge in [-0.1, -0.05) is 30.3 Å². The summed E-state index contributed by atoms with van der Waals surface area (Å²) < 4.78 is 5.32. The molecule has 0 bridgehead atoms. The third kappa shape index (κ3) is 5.56. The lowest BCUT2D eigenvalue weighted by atomic mass is 10.2. The molecule has 1 aliphatic heterocycles. The third-order valence-electron chi connectivity index (χ3n) is 3.87. The van der Waals surface area contributed by atoms with Crippen molar-refractivity contribution in [2.75, 3.05) is 46.8 Å². The van der Waals surface area contributed by atoms with Gasteiger partial charge in [0.05, 0.1) is 0 Å². The quantitative estimate of drug-likeness (QED) is 0.824. The van der Waals surface area contributed by atoms with Crippen LogP contribution >= 0.6 is 0 Å². The van der Waals surface area contributed by atoms with E-state index < -0.39 is 0 Å². The molecule has 23 heavy (non-hydrogen) atoms. The number of hydrogen-bond acceptors (Lipinski definition) is 4. The van der Waals surface area contributed by atoms with E-state index in [0.717, 1.165) is 12.1 Å². The van der Waals surface area contributed by atoms with E-state index >= 15 is 0 Å². The summed E-state index contributed by atoms with van der Waals surface area (Å²) in [6.07, 6.45) is 0.208. The number of hydrogen-bond donors (Lipinski definition) is 0. The Morgan fingerprint density at radius 3 is 2.26 bits per heavy atom. The van der Waals surface area contributed by atoms with Crippen LogP contribution in [0.2, 0.25) is 0 Å². The fourth-order valence-electron chi connectivity index (χ4n) is 2.43. The highest BCUT2D eigenvalue weighted by Crippen LogP contribution is 2.08. The van der Waals surface area contributed by atoms with Crippen LogP contribution in [0.1, 0.15) is 12.0 Å². The molecule has 2 rings (SSSR count). The zero-order valence-corrected chi connectivity index (χ0v) is 13.9. The van der Waals surface area contributed by atoms with Crippen LogP contribution < -0.4 is 0 Å². The molecular weight excluding hydrogens is 294 g/mol. The Bertz CT molecular complexity index is 511. The number of nitrogens with zero attached hydrogens (tertiary/aromatic N) is 3. The van der Waals surface area contributed by atoms with E-state index in [4.69, 9.17) is 4.74 Å². The Kier molecular flexibility index (Phi) is 6.40. The molecule has 1 aromatic carbocycles. The Hall–Kier alpha value is -2.08. The van der Waals surface area contributed by atoms with Crippen LogP contribution in [-0.2, 0) is 16.1 Å². The molecule has 0 N–H and O–H groups in total. The van der Waals surface area contributed by atoms with Gasteiger partial charge in [-0.15, -0.1) is 0 Å². The first-order valence-electron chi connectivity index (χ1n) is 7.94. The summed E-state index contributed by atoms with van der Waals surface area (Å²) >= 11 is 0. The van der Waals surface area contributed by atoms with Gasteiger partial charge < -0.3 is 19.4 Å². The van der Waals surface area contributed by atoms with Crippen molar-refractivity contribution in [1.82, 2.24) is 14.7 Å². The fraction of sp³-hybridized carbons (Fsp3) is 0.529. The van der Waals surface area contributed by atoms with Crippen molar-refractivity contribution in [2.24, 2.45) is 0 Å². The van der Waals surface area contributed by atoms with Gasteiger partial charge in [-0.25, -0.2) is 4.79 Å². The second-order valence-electron chi connectivity index (χ2n) is 5.96. The number of rotatable bonds is 5. The number of ether oxygens (including phenoxy) is 1. The van der Waals surface area contributed by atoms with E-state index in [-0.39, 0.29) is 18.6 Å². The molecule has 1 heterocycles. The number of carbonyl (C=O) groups excluding carboxylic acids is 2. The van der Waals surface area contributed by atoms with E-state index in [2.05, 4.69) is 0 Å². The summed E-state index contributed by atoms with van der Waals surface area (Å²) in [5.74, 6) is 0.149. The fourth-order valence-corrected chi connectivity index (χ4v) is 2.43. The Morgan fingerprint density at radius 1 is 1.04 bits per heavy atom. The smallest absolute Gasteiger partial charge is 0.410 e. The summed E-state index contributed by atoms with van der Waals surface area (Å²) in [6.45, 7) is 3.24. The lowest BCUT2D eigenvalue weighted by Gasteiger charge is -2.34. The minimum absolute atomic E-state index is 0.149. The van der Waals surface area contributed by atoms with E-state index in [9.17, 15) is 9.59 Å². The minimum atomic E-state index is -0.311. The molecule has 1 fully saturated rings. The first-order chi connectivity index (χ1) is 11.1. The number of benzene rings is 1. The van der Waals surface area contributed by atoms with Crippen LogP contribution in [0.25, 0.3) is 0 Å². The molecule has 0 saturated carbocycles. The van der Waals surface area contributed by atoms with E-state index in [1.165, 1.54) is 0 Å². The van der Waals surface area contributed by atoms with Crippen LogP contribution in [-0.4, -0.2) is 73.5 Å². The maximum Gasteiger partial charge on any atom is 0.410 e. The molecule has 0 radical (unpaired) electrons. The van der Waals surface area contributed by atoms with Gasteiger partial charge in [-0.05, 0) is 19.7 Å². The number of carbonyl (C=O) groups is 2. The molecule has 0 aliphatic carbocycles. The maximum atomic E-state index is 12.1. The molecular formula is C17H25N3O3. The van der Waals surface area contributed by atoms with Crippen molar-refractivity contribution in [2.45, 2.75) is 13.0 Å². The van der Waals surface area contributed by atoms with Crippen molar-refractivity contribution < 1.29 is 14.3 Å². The van der Waals surface area contributed by atoms with Crippen molar-refractivity contribution in [3.8, 4) is 0 Å². The summed E-state index contributed by atoms with van der Waals surface area (Å²) in [7, 11) is 3.90. The second-order valence-corrected chi connectivity index (χ2v) is 5.96. The van der Waals surface area contributed by atoms with E-state index in [1.54, 1.807) is 4.90 Å². The highest BCUT2D eigenvalue weighted by molar-refractivity contribution is 5.77. The average Bonchev–Trinajstić information content (AvgIpc) is 2.58.